The van der Waals surface area contributed by atoms with Crippen LogP contribution in [0, 0.1) is 0 Å². The largest absolute Gasteiger partial charge is 0.476 e. The number of unbranched alkanes of at least 4 members (excludes halogenated alkanes) is 1. The first-order valence-corrected chi connectivity index (χ1v) is 6.58. The van der Waals surface area contributed by atoms with E-state index in [0.717, 1.165) is 19.4 Å². The van der Waals surface area contributed by atoms with Gasteiger partial charge >= 0.3 is 5.97 Å². The van der Waals surface area contributed by atoms with Crippen molar-refractivity contribution in [2.24, 2.45) is 0 Å². The lowest BCUT2D eigenvalue weighted by Crippen LogP contribution is -2.14. The van der Waals surface area contributed by atoms with Crippen LogP contribution in [0.5, 0.6) is 0 Å². The van der Waals surface area contributed by atoms with Crippen molar-refractivity contribution < 1.29 is 9.90 Å². The number of aromatic carboxylic acids is 1. The van der Waals surface area contributed by atoms with Gasteiger partial charge in [0.05, 0.1) is 5.69 Å². The summed E-state index contributed by atoms with van der Waals surface area (Å²) in [7, 11) is 0. The number of hydrogen-bond acceptors (Lipinski definition) is 6. The first-order chi connectivity index (χ1) is 9.67. The van der Waals surface area contributed by atoms with Crippen LogP contribution in [-0.2, 0) is 19.5 Å². The van der Waals surface area contributed by atoms with E-state index in [1.807, 2.05) is 6.92 Å². The van der Waals surface area contributed by atoms with E-state index in [9.17, 15) is 4.79 Å². The lowest BCUT2D eigenvalue weighted by Gasteiger charge is -2.05. The summed E-state index contributed by atoms with van der Waals surface area (Å²) >= 11 is 0. The molecular weight excluding hydrogens is 262 g/mol. The second kappa shape index (κ2) is 6.22. The van der Waals surface area contributed by atoms with E-state index in [0.29, 0.717) is 24.5 Å². The van der Waals surface area contributed by atoms with Gasteiger partial charge < -0.3 is 5.11 Å². The lowest BCUT2D eigenvalue weighted by molar-refractivity contribution is 0.0689. The molecule has 0 unspecified atom stereocenters. The average molecular weight is 279 g/mol. The van der Waals surface area contributed by atoms with Gasteiger partial charge in [0.1, 0.15) is 6.54 Å². The first kappa shape index (κ1) is 14.1. The maximum Gasteiger partial charge on any atom is 0.358 e. The predicted molar refractivity (Wildman–Crippen MR) is 68.2 cm³/mol. The lowest BCUT2D eigenvalue weighted by atomic mass is 10.2. The van der Waals surface area contributed by atoms with Crippen molar-refractivity contribution in [3.05, 3.63) is 17.2 Å². The highest BCUT2D eigenvalue weighted by molar-refractivity contribution is 5.86. The quantitative estimate of drug-likeness (QED) is 0.779. The number of carbonyl (C=O) groups is 1. The topological polar surface area (TPSA) is 112 Å². The van der Waals surface area contributed by atoms with Gasteiger partial charge in [-0.3, -0.25) is 0 Å². The number of carboxylic acid groups (broad SMARTS) is 1. The van der Waals surface area contributed by atoms with Crippen LogP contribution in [0.25, 0.3) is 0 Å². The summed E-state index contributed by atoms with van der Waals surface area (Å²) in [5.41, 5.74) is 0.558. The van der Waals surface area contributed by atoms with Gasteiger partial charge in [-0.1, -0.05) is 25.5 Å². The number of rotatable bonds is 7. The molecule has 9 nitrogen and oxygen atoms in total. The summed E-state index contributed by atoms with van der Waals surface area (Å²) in [6, 6.07) is 0. The minimum absolute atomic E-state index is 0.0138. The highest BCUT2D eigenvalue weighted by atomic mass is 16.4. The number of tetrazole rings is 1. The van der Waals surface area contributed by atoms with Gasteiger partial charge in [-0.25, -0.2) is 14.2 Å². The van der Waals surface area contributed by atoms with Crippen LogP contribution in [0.15, 0.2) is 0 Å². The maximum absolute atomic E-state index is 11.0. The fourth-order valence-electron chi connectivity index (χ4n) is 1.93. The zero-order chi connectivity index (χ0) is 14.5. The van der Waals surface area contributed by atoms with Crippen LogP contribution in [0.2, 0.25) is 0 Å². The molecule has 0 aliphatic carbocycles. The van der Waals surface area contributed by atoms with Crippen LogP contribution in [0.1, 0.15) is 48.7 Å². The zero-order valence-electron chi connectivity index (χ0n) is 11.5. The molecule has 0 aromatic carbocycles. The van der Waals surface area contributed by atoms with E-state index >= 15 is 0 Å². The van der Waals surface area contributed by atoms with Gasteiger partial charge in [-0.05, 0) is 23.3 Å². The second-order valence-electron chi connectivity index (χ2n) is 4.37. The van der Waals surface area contributed by atoms with Crippen molar-refractivity contribution in [3.8, 4) is 0 Å². The van der Waals surface area contributed by atoms with E-state index in [-0.39, 0.29) is 5.69 Å². The summed E-state index contributed by atoms with van der Waals surface area (Å²) in [5, 5.41) is 28.2. The van der Waals surface area contributed by atoms with E-state index < -0.39 is 5.97 Å². The van der Waals surface area contributed by atoms with Crippen molar-refractivity contribution >= 4 is 5.97 Å². The number of aromatic nitrogens is 7. The number of carboxylic acids is 1. The van der Waals surface area contributed by atoms with Crippen molar-refractivity contribution in [1.82, 2.24) is 35.2 Å². The third kappa shape index (κ3) is 2.81. The van der Waals surface area contributed by atoms with Gasteiger partial charge in [0.25, 0.3) is 0 Å². The summed E-state index contributed by atoms with van der Waals surface area (Å²) in [4.78, 5) is 11.0. The number of nitrogens with zero attached hydrogens (tertiary/aromatic N) is 7. The summed E-state index contributed by atoms with van der Waals surface area (Å²) in [5.74, 6) is -0.423. The monoisotopic (exact) mass is 279 g/mol. The van der Waals surface area contributed by atoms with Gasteiger partial charge in [0.15, 0.2) is 11.5 Å². The molecule has 108 valence electrons. The third-order valence-corrected chi connectivity index (χ3v) is 3.00. The minimum atomic E-state index is -1.07. The average Bonchev–Trinajstić information content (AvgIpc) is 3.03. The van der Waals surface area contributed by atoms with Crippen molar-refractivity contribution in [1.29, 1.82) is 0 Å². The second-order valence-corrected chi connectivity index (χ2v) is 4.37. The molecule has 20 heavy (non-hydrogen) atoms. The Morgan fingerprint density at radius 2 is 2.00 bits per heavy atom. The SMILES string of the molecule is CCCCn1nnnc1Cn1nnc(C(=O)O)c1CC. The fourth-order valence-corrected chi connectivity index (χ4v) is 1.93. The summed E-state index contributed by atoms with van der Waals surface area (Å²) in [6.45, 7) is 5.01. The molecule has 0 spiro atoms. The van der Waals surface area contributed by atoms with E-state index in [1.165, 1.54) is 4.68 Å². The molecule has 9 heteroatoms. The molecule has 0 radical (unpaired) electrons. The normalized spacial score (nSPS) is 10.9. The number of hydrogen-bond donors (Lipinski definition) is 1. The molecule has 1 N–H and O–H groups in total. The van der Waals surface area contributed by atoms with Crippen LogP contribution >= 0.6 is 0 Å². The Bertz CT molecular complexity index is 589. The van der Waals surface area contributed by atoms with Crippen LogP contribution in [-0.4, -0.2) is 46.3 Å². The van der Waals surface area contributed by atoms with Gasteiger partial charge in [-0.2, -0.15) is 0 Å². The van der Waals surface area contributed by atoms with E-state index in [2.05, 4.69) is 32.8 Å². The molecule has 2 rings (SSSR count). The molecular formula is C11H17N7O2. The Balaban J connectivity index is 2.22. The maximum atomic E-state index is 11.0. The van der Waals surface area contributed by atoms with Crippen LogP contribution in [0.4, 0.5) is 0 Å². The van der Waals surface area contributed by atoms with E-state index in [1.54, 1.807) is 4.68 Å². The van der Waals surface area contributed by atoms with Crippen molar-refractivity contribution in [2.45, 2.75) is 46.2 Å². The molecule has 0 bridgehead atoms. The molecule has 0 fully saturated rings. The van der Waals surface area contributed by atoms with E-state index in [4.69, 9.17) is 5.11 Å². The van der Waals surface area contributed by atoms with Crippen LogP contribution < -0.4 is 0 Å². The Hall–Kier alpha value is -2.32. The molecule has 0 saturated heterocycles. The van der Waals surface area contributed by atoms with Gasteiger partial charge in [0.2, 0.25) is 0 Å². The molecule has 0 atom stereocenters. The van der Waals surface area contributed by atoms with Crippen molar-refractivity contribution in [3.63, 3.8) is 0 Å². The highest BCUT2D eigenvalue weighted by Crippen LogP contribution is 2.09. The van der Waals surface area contributed by atoms with Crippen molar-refractivity contribution in [2.75, 3.05) is 0 Å². The molecule has 2 heterocycles. The number of aryl methyl sites for hydroxylation is 1. The Morgan fingerprint density at radius 3 is 2.65 bits per heavy atom. The Kier molecular flexibility index (Phi) is 4.38. The zero-order valence-corrected chi connectivity index (χ0v) is 11.5. The Morgan fingerprint density at radius 1 is 1.20 bits per heavy atom. The smallest absolute Gasteiger partial charge is 0.358 e. The molecule has 0 saturated carbocycles. The Labute approximate surface area is 115 Å². The molecule has 2 aromatic rings. The fraction of sp³-hybridized carbons (Fsp3) is 0.636. The molecule has 2 aromatic heterocycles. The first-order valence-electron chi connectivity index (χ1n) is 6.58. The predicted octanol–water partition coefficient (Wildman–Crippen LogP) is 0.374. The minimum Gasteiger partial charge on any atom is -0.476 e. The standard InChI is InChI=1S/C11H17N7O2/c1-3-5-6-17-9(12-14-16-17)7-18-8(4-2)10(11(19)20)13-15-18/h3-7H2,1-2H3,(H,19,20). The molecule has 0 aliphatic rings. The van der Waals surface area contributed by atoms with Gasteiger partial charge in [-0.15, -0.1) is 10.2 Å². The van der Waals surface area contributed by atoms with Gasteiger partial charge in [0, 0.05) is 6.54 Å². The highest BCUT2D eigenvalue weighted by Gasteiger charge is 2.19. The molecule has 0 amide bonds. The summed E-state index contributed by atoms with van der Waals surface area (Å²) in [6.07, 6.45) is 2.56. The molecule has 0 aliphatic heterocycles. The summed E-state index contributed by atoms with van der Waals surface area (Å²) < 4.78 is 3.25. The van der Waals surface area contributed by atoms with Crippen LogP contribution in [0.3, 0.4) is 0 Å². The third-order valence-electron chi connectivity index (χ3n) is 3.00.